The summed E-state index contributed by atoms with van der Waals surface area (Å²) in [6.07, 6.45) is 4.06. The molecule has 0 unspecified atom stereocenters. The average Bonchev–Trinajstić information content (AvgIpc) is 3.26. The number of aryl methyl sites for hydroxylation is 2. The Morgan fingerprint density at radius 2 is 1.69 bits per heavy atom. The molecule has 3 nitrogen and oxygen atoms in total. The molecule has 1 heterocycles. The Labute approximate surface area is 154 Å². The monoisotopic (exact) mass is 347 g/mol. The Kier molecular flexibility index (Phi) is 3.43. The molecule has 0 aromatic heterocycles. The van der Waals surface area contributed by atoms with E-state index in [1.165, 1.54) is 41.6 Å². The standard InChI is InChI=1S/C23H25NO2/c1-12-3-4-13(2)21-18(12)19-16-9-10-17(11-16)20(19)22(24-21)14-5-7-15(8-6-14)23(25)26/h3-8,16-17,19-20,22,24H,9-11H2,1-2H3,(H,25,26)/t16-,17-,19-,20+,22+/m0/s1. The summed E-state index contributed by atoms with van der Waals surface area (Å²) >= 11 is 0. The van der Waals surface area contributed by atoms with Gasteiger partial charge in [-0.3, -0.25) is 0 Å². The maximum absolute atomic E-state index is 11.2. The molecule has 2 saturated carbocycles. The summed E-state index contributed by atoms with van der Waals surface area (Å²) in [7, 11) is 0. The van der Waals surface area contributed by atoms with Gasteiger partial charge in [0.1, 0.15) is 0 Å². The number of nitrogens with one attached hydrogen (secondary N) is 1. The molecular formula is C23H25NO2. The first-order valence-electron chi connectivity index (χ1n) is 9.74. The van der Waals surface area contributed by atoms with Crippen molar-refractivity contribution in [2.24, 2.45) is 17.8 Å². The average molecular weight is 347 g/mol. The van der Waals surface area contributed by atoms with E-state index < -0.39 is 5.97 Å². The van der Waals surface area contributed by atoms with Crippen LogP contribution < -0.4 is 5.32 Å². The van der Waals surface area contributed by atoms with Crippen LogP contribution in [0.5, 0.6) is 0 Å². The smallest absolute Gasteiger partial charge is 0.335 e. The predicted molar refractivity (Wildman–Crippen MR) is 103 cm³/mol. The first-order valence-corrected chi connectivity index (χ1v) is 9.74. The minimum absolute atomic E-state index is 0.283. The van der Waals surface area contributed by atoms with Gasteiger partial charge in [-0.1, -0.05) is 24.3 Å². The molecule has 1 aliphatic heterocycles. The summed E-state index contributed by atoms with van der Waals surface area (Å²) in [5.41, 5.74) is 7.21. The molecule has 2 aromatic rings. The second-order valence-electron chi connectivity index (χ2n) is 8.47. The number of fused-ring (bicyclic) bond motifs is 7. The predicted octanol–water partition coefficient (Wildman–Crippen LogP) is 5.30. The summed E-state index contributed by atoms with van der Waals surface area (Å²) in [5, 5.41) is 13.1. The molecule has 5 atom stereocenters. The first kappa shape index (κ1) is 15.9. The molecule has 0 amide bonds. The van der Waals surface area contributed by atoms with Crippen LogP contribution in [0.25, 0.3) is 0 Å². The van der Waals surface area contributed by atoms with Crippen molar-refractivity contribution in [1.29, 1.82) is 0 Å². The third kappa shape index (κ3) is 2.16. The highest BCUT2D eigenvalue weighted by Gasteiger charge is 2.54. The number of anilines is 1. The van der Waals surface area contributed by atoms with Crippen LogP contribution in [-0.4, -0.2) is 11.1 Å². The van der Waals surface area contributed by atoms with Gasteiger partial charge in [0, 0.05) is 5.69 Å². The molecule has 2 bridgehead atoms. The fraction of sp³-hybridized carbons (Fsp3) is 0.435. The van der Waals surface area contributed by atoms with Crippen LogP contribution in [0.4, 0.5) is 5.69 Å². The third-order valence-corrected chi connectivity index (χ3v) is 7.19. The number of carbonyl (C=O) groups is 1. The molecule has 0 spiro atoms. The Morgan fingerprint density at radius 1 is 1.00 bits per heavy atom. The summed E-state index contributed by atoms with van der Waals surface area (Å²) in [4.78, 5) is 11.2. The molecule has 26 heavy (non-hydrogen) atoms. The van der Waals surface area contributed by atoms with Crippen LogP contribution in [-0.2, 0) is 0 Å². The molecule has 2 N–H and O–H groups in total. The SMILES string of the molecule is Cc1ccc(C)c2c1N[C@H](c1ccc(C(=O)O)cc1)[C@@H]1[C@H]3CC[C@@H](C3)[C@@H]21. The second-order valence-corrected chi connectivity index (χ2v) is 8.47. The normalized spacial score (nSPS) is 31.2. The van der Waals surface area contributed by atoms with Gasteiger partial charge < -0.3 is 10.4 Å². The zero-order valence-electron chi connectivity index (χ0n) is 15.3. The topological polar surface area (TPSA) is 49.3 Å². The number of rotatable bonds is 2. The quantitative estimate of drug-likeness (QED) is 0.775. The number of hydrogen-bond acceptors (Lipinski definition) is 2. The van der Waals surface area contributed by atoms with Crippen LogP contribution in [0.1, 0.15) is 63.8 Å². The van der Waals surface area contributed by atoms with E-state index in [0.29, 0.717) is 17.4 Å². The van der Waals surface area contributed by atoms with E-state index in [2.05, 4.69) is 31.3 Å². The molecule has 0 saturated heterocycles. The van der Waals surface area contributed by atoms with Crippen molar-refractivity contribution in [3.63, 3.8) is 0 Å². The van der Waals surface area contributed by atoms with Crippen LogP contribution in [0.15, 0.2) is 36.4 Å². The number of aromatic carboxylic acids is 1. The molecule has 3 aliphatic rings. The highest BCUT2D eigenvalue weighted by Crippen LogP contribution is 2.64. The molecule has 2 aromatic carbocycles. The van der Waals surface area contributed by atoms with E-state index >= 15 is 0 Å². The maximum Gasteiger partial charge on any atom is 0.335 e. The van der Waals surface area contributed by atoms with Crippen molar-refractivity contribution in [3.05, 3.63) is 64.2 Å². The summed E-state index contributed by atoms with van der Waals surface area (Å²) in [6, 6.07) is 12.3. The number of carboxylic acids is 1. The second kappa shape index (κ2) is 5.60. The Hall–Kier alpha value is -2.29. The largest absolute Gasteiger partial charge is 0.478 e. The minimum Gasteiger partial charge on any atom is -0.478 e. The van der Waals surface area contributed by atoms with Gasteiger partial charge in [-0.2, -0.15) is 0 Å². The molecule has 2 aliphatic carbocycles. The lowest BCUT2D eigenvalue weighted by Gasteiger charge is -2.44. The number of hydrogen-bond donors (Lipinski definition) is 2. The van der Waals surface area contributed by atoms with Crippen LogP contribution >= 0.6 is 0 Å². The van der Waals surface area contributed by atoms with E-state index in [-0.39, 0.29) is 6.04 Å². The minimum atomic E-state index is -0.859. The molecular weight excluding hydrogens is 322 g/mol. The van der Waals surface area contributed by atoms with Crippen molar-refractivity contribution in [1.82, 2.24) is 0 Å². The first-order chi connectivity index (χ1) is 12.5. The van der Waals surface area contributed by atoms with Gasteiger partial charge in [0.25, 0.3) is 0 Å². The van der Waals surface area contributed by atoms with Crippen molar-refractivity contribution < 1.29 is 9.90 Å². The van der Waals surface area contributed by atoms with Gasteiger partial charge in [-0.05, 0) is 91.2 Å². The van der Waals surface area contributed by atoms with E-state index in [1.54, 1.807) is 17.7 Å². The Bertz CT molecular complexity index is 886. The lowest BCUT2D eigenvalue weighted by Crippen LogP contribution is -2.36. The van der Waals surface area contributed by atoms with Gasteiger partial charge in [0.05, 0.1) is 11.6 Å². The van der Waals surface area contributed by atoms with Gasteiger partial charge in [0.2, 0.25) is 0 Å². The molecule has 0 radical (unpaired) electrons. The number of carboxylic acid groups (broad SMARTS) is 1. The lowest BCUT2D eigenvalue weighted by molar-refractivity contribution is 0.0697. The van der Waals surface area contributed by atoms with Crippen molar-refractivity contribution >= 4 is 11.7 Å². The highest BCUT2D eigenvalue weighted by molar-refractivity contribution is 5.87. The van der Waals surface area contributed by atoms with Gasteiger partial charge in [0.15, 0.2) is 0 Å². The lowest BCUT2D eigenvalue weighted by atomic mass is 9.67. The zero-order chi connectivity index (χ0) is 18.0. The third-order valence-electron chi connectivity index (χ3n) is 7.19. The Balaban J connectivity index is 1.63. The fourth-order valence-electron chi connectivity index (χ4n) is 6.09. The van der Waals surface area contributed by atoms with Crippen LogP contribution in [0.2, 0.25) is 0 Å². The summed E-state index contributed by atoms with van der Waals surface area (Å²) < 4.78 is 0. The molecule has 5 rings (SSSR count). The maximum atomic E-state index is 11.2. The van der Waals surface area contributed by atoms with E-state index in [1.807, 2.05) is 12.1 Å². The molecule has 3 heteroatoms. The van der Waals surface area contributed by atoms with Crippen LogP contribution in [0.3, 0.4) is 0 Å². The van der Waals surface area contributed by atoms with Crippen molar-refractivity contribution in [3.8, 4) is 0 Å². The number of benzene rings is 2. The highest BCUT2D eigenvalue weighted by atomic mass is 16.4. The van der Waals surface area contributed by atoms with Crippen LogP contribution in [0, 0.1) is 31.6 Å². The van der Waals surface area contributed by atoms with Gasteiger partial charge >= 0.3 is 5.97 Å². The Morgan fingerprint density at radius 3 is 2.42 bits per heavy atom. The van der Waals surface area contributed by atoms with Gasteiger partial charge in [-0.15, -0.1) is 0 Å². The fourth-order valence-corrected chi connectivity index (χ4v) is 6.09. The van der Waals surface area contributed by atoms with Gasteiger partial charge in [-0.25, -0.2) is 4.79 Å². The summed E-state index contributed by atoms with van der Waals surface area (Å²) in [6.45, 7) is 4.45. The zero-order valence-corrected chi connectivity index (χ0v) is 15.3. The van der Waals surface area contributed by atoms with E-state index in [0.717, 1.165) is 11.8 Å². The van der Waals surface area contributed by atoms with Crippen molar-refractivity contribution in [2.45, 2.75) is 45.1 Å². The summed E-state index contributed by atoms with van der Waals surface area (Å²) in [5.74, 6) is 2.01. The van der Waals surface area contributed by atoms with E-state index in [9.17, 15) is 9.90 Å². The molecule has 2 fully saturated rings. The van der Waals surface area contributed by atoms with Crippen molar-refractivity contribution in [2.75, 3.05) is 5.32 Å². The molecule has 134 valence electrons. The van der Waals surface area contributed by atoms with E-state index in [4.69, 9.17) is 0 Å².